The molecule has 0 saturated carbocycles. The molecule has 0 aliphatic rings. The summed E-state index contributed by atoms with van der Waals surface area (Å²) in [5.74, 6) is 0.572. The number of hydrogen-bond acceptors (Lipinski definition) is 2. The van der Waals surface area contributed by atoms with Crippen molar-refractivity contribution < 1.29 is 0 Å². The Bertz CT molecular complexity index is 1070. The second-order valence-electron chi connectivity index (χ2n) is 5.62. The van der Waals surface area contributed by atoms with Gasteiger partial charge in [-0.3, -0.25) is 9.89 Å². The second kappa shape index (κ2) is 6.53. The molecule has 0 atom stereocenters. The first-order chi connectivity index (χ1) is 12.2. The van der Waals surface area contributed by atoms with Gasteiger partial charge in [0.2, 0.25) is 0 Å². The molecule has 25 heavy (non-hydrogen) atoms. The molecule has 0 bridgehead atoms. The van der Waals surface area contributed by atoms with Gasteiger partial charge in [-0.25, -0.2) is 9.67 Å². The molecule has 0 aliphatic heterocycles. The number of benzene rings is 2. The van der Waals surface area contributed by atoms with Gasteiger partial charge in [-0.1, -0.05) is 52.3 Å². The van der Waals surface area contributed by atoms with Crippen LogP contribution in [0, 0.1) is 0 Å². The normalized spacial score (nSPS) is 10.8. The van der Waals surface area contributed by atoms with E-state index in [1.165, 1.54) is 4.68 Å². The Morgan fingerprint density at radius 3 is 2.40 bits per heavy atom. The lowest BCUT2D eigenvalue weighted by atomic mass is 10.0. The molecule has 0 unspecified atom stereocenters. The molecule has 4 aromatic rings. The Morgan fingerprint density at radius 2 is 1.64 bits per heavy atom. The van der Waals surface area contributed by atoms with E-state index in [0.29, 0.717) is 5.82 Å². The molecule has 2 aromatic carbocycles. The Hall–Kier alpha value is -2.92. The number of nitrogens with zero attached hydrogens (tertiary/aromatic N) is 2. The van der Waals surface area contributed by atoms with Crippen LogP contribution >= 0.6 is 15.9 Å². The Balaban J connectivity index is 1.75. The van der Waals surface area contributed by atoms with Gasteiger partial charge in [0.15, 0.2) is 5.82 Å². The topological polar surface area (TPSA) is 50.7 Å². The molecule has 1 N–H and O–H groups in total. The number of pyridine rings is 1. The van der Waals surface area contributed by atoms with Crippen molar-refractivity contribution in [3.8, 4) is 28.2 Å². The van der Waals surface area contributed by atoms with Crippen molar-refractivity contribution in [1.29, 1.82) is 0 Å². The van der Waals surface area contributed by atoms with E-state index in [1.54, 1.807) is 18.3 Å². The highest BCUT2D eigenvalue weighted by Crippen LogP contribution is 2.26. The van der Waals surface area contributed by atoms with Gasteiger partial charge >= 0.3 is 0 Å². The first-order valence-electron chi connectivity index (χ1n) is 7.80. The zero-order chi connectivity index (χ0) is 17.2. The standard InChI is InChI=1S/C20H14BrN3O/c21-17-9-7-14(8-10-17)15-4-3-5-16(12-15)18-13-20(25)24(23-18)19-6-1-2-11-22-19/h1-13,23H. The van der Waals surface area contributed by atoms with Crippen LogP contribution in [0.5, 0.6) is 0 Å². The average Bonchev–Trinajstić information content (AvgIpc) is 3.05. The maximum absolute atomic E-state index is 12.3. The molecule has 0 aliphatic carbocycles. The average molecular weight is 392 g/mol. The van der Waals surface area contributed by atoms with Gasteiger partial charge in [-0.2, -0.15) is 0 Å². The summed E-state index contributed by atoms with van der Waals surface area (Å²) in [4.78, 5) is 16.5. The van der Waals surface area contributed by atoms with Gasteiger partial charge in [-0.15, -0.1) is 0 Å². The van der Waals surface area contributed by atoms with Gasteiger partial charge in [0.25, 0.3) is 5.56 Å². The number of rotatable bonds is 3. The molecule has 122 valence electrons. The van der Waals surface area contributed by atoms with Gasteiger partial charge in [-0.05, 0) is 41.5 Å². The van der Waals surface area contributed by atoms with Crippen molar-refractivity contribution >= 4 is 15.9 Å². The Labute approximate surface area is 152 Å². The summed E-state index contributed by atoms with van der Waals surface area (Å²) in [6.45, 7) is 0. The highest BCUT2D eigenvalue weighted by atomic mass is 79.9. The number of hydrogen-bond donors (Lipinski definition) is 1. The molecule has 0 fully saturated rings. The van der Waals surface area contributed by atoms with Crippen LogP contribution in [0.2, 0.25) is 0 Å². The van der Waals surface area contributed by atoms with Crippen molar-refractivity contribution in [2.45, 2.75) is 0 Å². The summed E-state index contributed by atoms with van der Waals surface area (Å²) in [7, 11) is 0. The third-order valence-corrected chi connectivity index (χ3v) is 4.48. The van der Waals surface area contributed by atoms with E-state index in [-0.39, 0.29) is 5.56 Å². The highest BCUT2D eigenvalue weighted by Gasteiger charge is 2.08. The number of H-pyrrole nitrogens is 1. The number of aromatic amines is 1. The van der Waals surface area contributed by atoms with Gasteiger partial charge in [0, 0.05) is 22.3 Å². The van der Waals surface area contributed by atoms with Crippen LogP contribution in [0.3, 0.4) is 0 Å². The zero-order valence-corrected chi connectivity index (χ0v) is 14.8. The van der Waals surface area contributed by atoms with Crippen LogP contribution in [0.25, 0.3) is 28.2 Å². The summed E-state index contributed by atoms with van der Waals surface area (Å²) < 4.78 is 2.49. The third kappa shape index (κ3) is 3.19. The summed E-state index contributed by atoms with van der Waals surface area (Å²) in [6.07, 6.45) is 1.66. The minimum Gasteiger partial charge on any atom is -0.289 e. The summed E-state index contributed by atoms with van der Waals surface area (Å²) >= 11 is 3.45. The fourth-order valence-corrected chi connectivity index (χ4v) is 2.97. The van der Waals surface area contributed by atoms with Crippen LogP contribution in [0.1, 0.15) is 0 Å². The van der Waals surface area contributed by atoms with Crippen molar-refractivity contribution in [2.75, 3.05) is 0 Å². The molecule has 0 spiro atoms. The molecule has 0 radical (unpaired) electrons. The molecular weight excluding hydrogens is 378 g/mol. The van der Waals surface area contributed by atoms with Crippen molar-refractivity contribution in [1.82, 2.24) is 14.8 Å². The first kappa shape index (κ1) is 15.6. The minimum absolute atomic E-state index is 0.136. The predicted molar refractivity (Wildman–Crippen MR) is 103 cm³/mol. The highest BCUT2D eigenvalue weighted by molar-refractivity contribution is 9.10. The Kier molecular flexibility index (Phi) is 4.07. The van der Waals surface area contributed by atoms with E-state index in [0.717, 1.165) is 26.9 Å². The molecule has 2 aromatic heterocycles. The van der Waals surface area contributed by atoms with E-state index in [2.05, 4.69) is 50.3 Å². The fraction of sp³-hybridized carbons (Fsp3) is 0. The van der Waals surface area contributed by atoms with E-state index in [9.17, 15) is 4.79 Å². The first-order valence-corrected chi connectivity index (χ1v) is 8.60. The molecular formula is C20H14BrN3O. The van der Waals surface area contributed by atoms with E-state index in [4.69, 9.17) is 0 Å². The minimum atomic E-state index is -0.136. The number of aromatic nitrogens is 3. The smallest absolute Gasteiger partial charge is 0.273 e. The lowest BCUT2D eigenvalue weighted by Crippen LogP contribution is -2.14. The lowest BCUT2D eigenvalue weighted by molar-refractivity contribution is 0.822. The van der Waals surface area contributed by atoms with Gasteiger partial charge < -0.3 is 0 Å². The zero-order valence-electron chi connectivity index (χ0n) is 13.2. The van der Waals surface area contributed by atoms with E-state index in [1.807, 2.05) is 36.4 Å². The van der Waals surface area contributed by atoms with Gasteiger partial charge in [0.1, 0.15) is 0 Å². The maximum Gasteiger partial charge on any atom is 0.273 e. The summed E-state index contributed by atoms with van der Waals surface area (Å²) in [6, 6.07) is 23.3. The molecule has 2 heterocycles. The SMILES string of the molecule is O=c1cc(-c2cccc(-c3ccc(Br)cc3)c2)[nH]n1-c1ccccn1. The van der Waals surface area contributed by atoms with E-state index < -0.39 is 0 Å². The number of halogens is 1. The van der Waals surface area contributed by atoms with E-state index >= 15 is 0 Å². The third-order valence-electron chi connectivity index (χ3n) is 3.95. The molecule has 4 rings (SSSR count). The largest absolute Gasteiger partial charge is 0.289 e. The van der Waals surface area contributed by atoms with Crippen molar-refractivity contribution in [3.63, 3.8) is 0 Å². The van der Waals surface area contributed by atoms with Crippen LogP contribution in [0.15, 0.2) is 88.3 Å². The van der Waals surface area contributed by atoms with Crippen molar-refractivity contribution in [2.24, 2.45) is 0 Å². The lowest BCUT2D eigenvalue weighted by Gasteiger charge is -2.05. The molecule has 5 heteroatoms. The van der Waals surface area contributed by atoms with Crippen LogP contribution in [-0.2, 0) is 0 Å². The summed E-state index contributed by atoms with van der Waals surface area (Å²) in [5, 5.41) is 3.14. The monoisotopic (exact) mass is 391 g/mol. The summed E-state index contributed by atoms with van der Waals surface area (Å²) in [5.41, 5.74) is 3.79. The fourth-order valence-electron chi connectivity index (χ4n) is 2.71. The van der Waals surface area contributed by atoms with Crippen LogP contribution in [-0.4, -0.2) is 14.8 Å². The second-order valence-corrected chi connectivity index (χ2v) is 6.53. The number of nitrogens with one attached hydrogen (secondary N) is 1. The van der Waals surface area contributed by atoms with Crippen molar-refractivity contribution in [3.05, 3.63) is 93.8 Å². The van der Waals surface area contributed by atoms with Crippen LogP contribution < -0.4 is 5.56 Å². The van der Waals surface area contributed by atoms with Gasteiger partial charge in [0.05, 0.1) is 5.69 Å². The molecule has 4 nitrogen and oxygen atoms in total. The maximum atomic E-state index is 12.3. The van der Waals surface area contributed by atoms with Crippen LogP contribution in [0.4, 0.5) is 0 Å². The quantitative estimate of drug-likeness (QED) is 0.552. The molecule has 0 saturated heterocycles. The predicted octanol–water partition coefficient (Wildman–Crippen LogP) is 4.66. The Morgan fingerprint density at radius 1 is 0.840 bits per heavy atom. The molecule has 0 amide bonds.